The van der Waals surface area contributed by atoms with Crippen LogP contribution in [0.1, 0.15) is 33.6 Å². The number of allylic oxidation sites excluding steroid dienone is 4. The van der Waals surface area contributed by atoms with Gasteiger partial charge in [-0.2, -0.15) is 0 Å². The van der Waals surface area contributed by atoms with E-state index in [1.807, 2.05) is 0 Å². The van der Waals surface area contributed by atoms with Crippen molar-refractivity contribution in [2.45, 2.75) is 33.6 Å². The largest absolute Gasteiger partial charge is 0.0842 e. The Labute approximate surface area is 63.6 Å². The Morgan fingerprint density at radius 1 is 1.70 bits per heavy atom. The van der Waals surface area contributed by atoms with Crippen LogP contribution in [0.2, 0.25) is 0 Å². The minimum Gasteiger partial charge on any atom is -0.0842 e. The van der Waals surface area contributed by atoms with E-state index < -0.39 is 0 Å². The second-order valence-corrected chi connectivity index (χ2v) is 3.05. The monoisotopic (exact) mass is 136 g/mol. The first-order valence-corrected chi connectivity index (χ1v) is 4.13. The van der Waals surface area contributed by atoms with Gasteiger partial charge >= 0.3 is 0 Å². The summed E-state index contributed by atoms with van der Waals surface area (Å²) in [6, 6.07) is 0. The Morgan fingerprint density at radius 3 is 2.70 bits per heavy atom. The van der Waals surface area contributed by atoms with E-state index in [2.05, 4.69) is 32.9 Å². The van der Waals surface area contributed by atoms with E-state index in [1.165, 1.54) is 18.4 Å². The van der Waals surface area contributed by atoms with Crippen molar-refractivity contribution in [3.63, 3.8) is 0 Å². The van der Waals surface area contributed by atoms with Crippen LogP contribution >= 0.6 is 0 Å². The molecule has 0 nitrogen and oxygen atoms in total. The van der Waals surface area contributed by atoms with Crippen LogP contribution < -0.4 is 0 Å². The topological polar surface area (TPSA) is 0 Å². The first-order valence-electron chi connectivity index (χ1n) is 4.13. The Kier molecular flexibility index (Phi) is 2.31. The minimum absolute atomic E-state index is 0.778. The van der Waals surface area contributed by atoms with Crippen molar-refractivity contribution < 1.29 is 0 Å². The third kappa shape index (κ3) is 1.31. The highest BCUT2D eigenvalue weighted by Gasteiger charge is 2.14. The number of rotatable bonds is 1. The van der Waals surface area contributed by atoms with Crippen molar-refractivity contribution in [1.29, 1.82) is 0 Å². The van der Waals surface area contributed by atoms with Crippen LogP contribution in [-0.2, 0) is 0 Å². The molecule has 0 fully saturated rings. The third-order valence-electron chi connectivity index (χ3n) is 2.30. The highest BCUT2D eigenvalue weighted by atomic mass is 14.2. The first kappa shape index (κ1) is 7.59. The summed E-state index contributed by atoms with van der Waals surface area (Å²) in [5, 5.41) is 0. The zero-order chi connectivity index (χ0) is 7.56. The molecule has 1 rings (SSSR count). The van der Waals surface area contributed by atoms with E-state index in [4.69, 9.17) is 0 Å². The van der Waals surface area contributed by atoms with Crippen molar-refractivity contribution >= 4 is 0 Å². The van der Waals surface area contributed by atoms with Crippen molar-refractivity contribution in [3.05, 3.63) is 23.3 Å². The Hall–Kier alpha value is -0.520. The van der Waals surface area contributed by atoms with Gasteiger partial charge in [0.25, 0.3) is 0 Å². The molecule has 0 saturated carbocycles. The lowest BCUT2D eigenvalue weighted by molar-refractivity contribution is 0.710. The van der Waals surface area contributed by atoms with Gasteiger partial charge < -0.3 is 0 Å². The SMILES string of the molecule is C/C=C1/C=C(CC)CC1C. The maximum Gasteiger partial charge on any atom is -0.0156 e. The molecule has 0 bridgehead atoms. The molecular weight excluding hydrogens is 120 g/mol. The standard InChI is InChI=1S/C10H16/c1-4-9-6-8(3)10(5-2)7-9/h5,7-8H,4,6H2,1-3H3/b10-5-. The summed E-state index contributed by atoms with van der Waals surface area (Å²) in [6.45, 7) is 6.66. The Balaban J connectivity index is 2.71. The number of hydrogen-bond donors (Lipinski definition) is 0. The molecule has 0 aromatic heterocycles. The molecule has 0 radical (unpaired) electrons. The molecule has 10 heavy (non-hydrogen) atoms. The van der Waals surface area contributed by atoms with E-state index in [0.717, 1.165) is 5.92 Å². The predicted molar refractivity (Wildman–Crippen MR) is 45.9 cm³/mol. The van der Waals surface area contributed by atoms with Gasteiger partial charge in [0.15, 0.2) is 0 Å². The van der Waals surface area contributed by atoms with Gasteiger partial charge in [-0.25, -0.2) is 0 Å². The zero-order valence-corrected chi connectivity index (χ0v) is 7.15. The summed E-state index contributed by atoms with van der Waals surface area (Å²) in [6.07, 6.45) is 7.09. The molecule has 1 aliphatic carbocycles. The molecule has 1 atom stereocenters. The first-order chi connectivity index (χ1) is 4.77. The van der Waals surface area contributed by atoms with Crippen molar-refractivity contribution in [3.8, 4) is 0 Å². The smallest absolute Gasteiger partial charge is 0.0156 e. The van der Waals surface area contributed by atoms with Crippen LogP contribution in [0, 0.1) is 5.92 Å². The maximum atomic E-state index is 2.35. The van der Waals surface area contributed by atoms with E-state index in [-0.39, 0.29) is 0 Å². The molecule has 0 N–H and O–H groups in total. The molecule has 0 aromatic carbocycles. The van der Waals surface area contributed by atoms with E-state index in [1.54, 1.807) is 5.57 Å². The van der Waals surface area contributed by atoms with Crippen LogP contribution in [-0.4, -0.2) is 0 Å². The fraction of sp³-hybridized carbons (Fsp3) is 0.600. The normalized spacial score (nSPS) is 29.3. The van der Waals surface area contributed by atoms with Gasteiger partial charge in [0.05, 0.1) is 0 Å². The maximum absolute atomic E-state index is 2.35. The lowest BCUT2D eigenvalue weighted by atomic mass is 10.0. The van der Waals surface area contributed by atoms with Crippen LogP contribution in [0.4, 0.5) is 0 Å². The van der Waals surface area contributed by atoms with Gasteiger partial charge in [0.2, 0.25) is 0 Å². The molecule has 0 spiro atoms. The molecule has 0 aliphatic heterocycles. The summed E-state index contributed by atoms with van der Waals surface area (Å²) in [5.41, 5.74) is 3.14. The highest BCUT2D eigenvalue weighted by molar-refractivity contribution is 5.32. The molecule has 56 valence electrons. The van der Waals surface area contributed by atoms with Crippen molar-refractivity contribution in [1.82, 2.24) is 0 Å². The second-order valence-electron chi connectivity index (χ2n) is 3.05. The van der Waals surface area contributed by atoms with Crippen molar-refractivity contribution in [2.24, 2.45) is 5.92 Å². The summed E-state index contributed by atoms with van der Waals surface area (Å²) < 4.78 is 0. The van der Waals surface area contributed by atoms with Gasteiger partial charge in [0.1, 0.15) is 0 Å². The molecule has 1 unspecified atom stereocenters. The van der Waals surface area contributed by atoms with Crippen molar-refractivity contribution in [2.75, 3.05) is 0 Å². The lowest BCUT2D eigenvalue weighted by Gasteiger charge is -2.01. The number of hydrogen-bond acceptors (Lipinski definition) is 0. The van der Waals surface area contributed by atoms with Gasteiger partial charge in [-0.1, -0.05) is 31.6 Å². The lowest BCUT2D eigenvalue weighted by Crippen LogP contribution is -1.88. The van der Waals surface area contributed by atoms with Gasteiger partial charge in [-0.15, -0.1) is 0 Å². The quantitative estimate of drug-likeness (QED) is 0.518. The highest BCUT2D eigenvalue weighted by Crippen LogP contribution is 2.30. The average Bonchev–Trinajstić information content (AvgIpc) is 2.30. The van der Waals surface area contributed by atoms with E-state index >= 15 is 0 Å². The van der Waals surface area contributed by atoms with Crippen LogP contribution in [0.15, 0.2) is 23.3 Å². The summed E-state index contributed by atoms with van der Waals surface area (Å²) >= 11 is 0. The molecule has 1 aliphatic rings. The molecular formula is C10H16. The Morgan fingerprint density at radius 2 is 2.40 bits per heavy atom. The molecule has 0 heterocycles. The van der Waals surface area contributed by atoms with Crippen LogP contribution in [0.3, 0.4) is 0 Å². The van der Waals surface area contributed by atoms with Gasteiger partial charge in [0, 0.05) is 0 Å². The second kappa shape index (κ2) is 3.05. The minimum atomic E-state index is 0.778. The zero-order valence-electron chi connectivity index (χ0n) is 7.15. The van der Waals surface area contributed by atoms with E-state index in [0.29, 0.717) is 0 Å². The van der Waals surface area contributed by atoms with Crippen LogP contribution in [0.5, 0.6) is 0 Å². The fourth-order valence-corrected chi connectivity index (χ4v) is 1.56. The summed E-state index contributed by atoms with van der Waals surface area (Å²) in [4.78, 5) is 0. The Bertz CT molecular complexity index is 172. The van der Waals surface area contributed by atoms with Crippen LogP contribution in [0.25, 0.3) is 0 Å². The van der Waals surface area contributed by atoms with Gasteiger partial charge in [-0.05, 0) is 31.3 Å². The van der Waals surface area contributed by atoms with Gasteiger partial charge in [-0.3, -0.25) is 0 Å². The molecule has 0 aromatic rings. The van der Waals surface area contributed by atoms with E-state index in [9.17, 15) is 0 Å². The average molecular weight is 136 g/mol. The summed E-state index contributed by atoms with van der Waals surface area (Å²) in [5.74, 6) is 0.778. The fourth-order valence-electron chi connectivity index (χ4n) is 1.56. The molecule has 0 heteroatoms. The predicted octanol–water partition coefficient (Wildman–Crippen LogP) is 3.31. The third-order valence-corrected chi connectivity index (χ3v) is 2.30. The molecule has 0 amide bonds. The summed E-state index contributed by atoms with van der Waals surface area (Å²) in [7, 11) is 0. The molecule has 0 saturated heterocycles.